The van der Waals surface area contributed by atoms with Gasteiger partial charge in [-0.25, -0.2) is 0 Å². The minimum absolute atomic E-state index is 0.553. The number of fused-ring (bicyclic) bond motifs is 1. The summed E-state index contributed by atoms with van der Waals surface area (Å²) in [4.78, 5) is 4.27. The number of nitrogens with one attached hydrogen (secondary N) is 1. The van der Waals surface area contributed by atoms with Gasteiger partial charge in [-0.1, -0.05) is 50.3 Å². The van der Waals surface area contributed by atoms with E-state index in [2.05, 4.69) is 54.5 Å². The van der Waals surface area contributed by atoms with Gasteiger partial charge in [0.2, 0.25) is 0 Å². The van der Waals surface area contributed by atoms with Crippen LogP contribution in [0.1, 0.15) is 25.8 Å². The highest BCUT2D eigenvalue weighted by molar-refractivity contribution is 5.89. The van der Waals surface area contributed by atoms with Crippen molar-refractivity contribution in [3.8, 4) is 0 Å². The molecular formula is C16H20N2. The second-order valence-corrected chi connectivity index (χ2v) is 4.75. The number of nitrogens with zero attached hydrogens (tertiary/aromatic N) is 1. The van der Waals surface area contributed by atoms with Gasteiger partial charge in [-0.05, 0) is 18.4 Å². The van der Waals surface area contributed by atoms with E-state index >= 15 is 0 Å². The van der Waals surface area contributed by atoms with Crippen molar-refractivity contribution in [2.45, 2.75) is 26.3 Å². The number of pyridine rings is 1. The van der Waals surface area contributed by atoms with Gasteiger partial charge in [-0.15, -0.1) is 0 Å². The van der Waals surface area contributed by atoms with E-state index in [-0.39, 0.29) is 0 Å². The van der Waals surface area contributed by atoms with Gasteiger partial charge >= 0.3 is 0 Å². The lowest BCUT2D eigenvalue weighted by atomic mass is 10.1. The van der Waals surface area contributed by atoms with Crippen LogP contribution < -0.4 is 5.32 Å². The summed E-state index contributed by atoms with van der Waals surface area (Å²) in [5.74, 6) is 0. The second kappa shape index (κ2) is 6.31. The summed E-state index contributed by atoms with van der Waals surface area (Å²) in [5, 5.41) is 5.86. The monoisotopic (exact) mass is 240 g/mol. The molecule has 0 radical (unpaired) electrons. The average Bonchev–Trinajstić information content (AvgIpc) is 2.38. The van der Waals surface area contributed by atoms with E-state index in [9.17, 15) is 0 Å². The molecule has 0 aliphatic carbocycles. The Balaban J connectivity index is 2.05. The van der Waals surface area contributed by atoms with Crippen LogP contribution in [0.25, 0.3) is 16.8 Å². The fraction of sp³-hybridized carbons (Fsp3) is 0.312. The topological polar surface area (TPSA) is 24.9 Å². The largest absolute Gasteiger partial charge is 0.314 e. The quantitative estimate of drug-likeness (QED) is 0.807. The van der Waals surface area contributed by atoms with Crippen LogP contribution in [0.3, 0.4) is 0 Å². The van der Waals surface area contributed by atoms with Gasteiger partial charge in [-0.2, -0.15) is 0 Å². The Morgan fingerprint density at radius 1 is 1.22 bits per heavy atom. The summed E-state index contributed by atoms with van der Waals surface area (Å²) < 4.78 is 0. The molecule has 0 spiro atoms. The van der Waals surface area contributed by atoms with Gasteiger partial charge in [0.25, 0.3) is 0 Å². The first-order chi connectivity index (χ1) is 8.77. The summed E-state index contributed by atoms with van der Waals surface area (Å²) in [5.41, 5.74) is 1.19. The molecule has 0 saturated heterocycles. The van der Waals surface area contributed by atoms with E-state index in [1.807, 2.05) is 18.5 Å². The summed E-state index contributed by atoms with van der Waals surface area (Å²) in [7, 11) is 0. The third kappa shape index (κ3) is 3.41. The molecule has 2 heteroatoms. The first kappa shape index (κ1) is 12.8. The molecule has 1 N–H and O–H groups in total. The van der Waals surface area contributed by atoms with E-state index in [1.165, 1.54) is 16.3 Å². The molecule has 1 aromatic carbocycles. The molecule has 0 bridgehead atoms. The molecule has 0 atom stereocenters. The lowest BCUT2D eigenvalue weighted by molar-refractivity contribution is 0.595. The van der Waals surface area contributed by atoms with E-state index in [0.29, 0.717) is 6.04 Å². The summed E-state index contributed by atoms with van der Waals surface area (Å²) in [6.07, 6.45) is 9.25. The molecule has 0 saturated carbocycles. The van der Waals surface area contributed by atoms with Crippen molar-refractivity contribution in [2.24, 2.45) is 0 Å². The molecule has 2 nitrogen and oxygen atoms in total. The molecule has 0 fully saturated rings. The van der Waals surface area contributed by atoms with Crippen LogP contribution in [0.4, 0.5) is 0 Å². The Labute approximate surface area is 109 Å². The smallest absolute Gasteiger partial charge is 0.0346 e. The molecule has 18 heavy (non-hydrogen) atoms. The van der Waals surface area contributed by atoms with Gasteiger partial charge in [0.15, 0.2) is 0 Å². The third-order valence-electron chi connectivity index (χ3n) is 2.86. The number of hydrogen-bond acceptors (Lipinski definition) is 2. The number of hydrogen-bond donors (Lipinski definition) is 1. The molecule has 2 rings (SSSR count). The fourth-order valence-corrected chi connectivity index (χ4v) is 1.94. The number of rotatable bonds is 5. The predicted octanol–water partition coefficient (Wildman–Crippen LogP) is 3.64. The van der Waals surface area contributed by atoms with Gasteiger partial charge in [0.1, 0.15) is 0 Å². The second-order valence-electron chi connectivity index (χ2n) is 4.75. The summed E-state index contributed by atoms with van der Waals surface area (Å²) in [6.45, 7) is 5.35. The Hall–Kier alpha value is -1.67. The number of benzene rings is 1. The highest BCUT2D eigenvalue weighted by Gasteiger charge is 1.96. The predicted molar refractivity (Wildman–Crippen MR) is 78.5 cm³/mol. The lowest BCUT2D eigenvalue weighted by Gasteiger charge is -2.05. The zero-order chi connectivity index (χ0) is 12.8. The van der Waals surface area contributed by atoms with Crippen molar-refractivity contribution in [1.82, 2.24) is 10.3 Å². The molecule has 1 heterocycles. The Kier molecular flexibility index (Phi) is 4.48. The van der Waals surface area contributed by atoms with Crippen LogP contribution in [0.15, 0.2) is 42.7 Å². The van der Waals surface area contributed by atoms with E-state index in [0.717, 1.165) is 13.0 Å². The number of aromatic nitrogens is 1. The third-order valence-corrected chi connectivity index (χ3v) is 2.86. The first-order valence-electron chi connectivity index (χ1n) is 6.50. The normalized spacial score (nSPS) is 11.7. The Morgan fingerprint density at radius 2 is 2.06 bits per heavy atom. The van der Waals surface area contributed by atoms with Crippen LogP contribution in [0.2, 0.25) is 0 Å². The summed E-state index contributed by atoms with van der Waals surface area (Å²) >= 11 is 0. The van der Waals surface area contributed by atoms with Crippen LogP contribution in [0, 0.1) is 0 Å². The molecule has 0 amide bonds. The van der Waals surface area contributed by atoms with E-state index in [4.69, 9.17) is 0 Å². The van der Waals surface area contributed by atoms with Gasteiger partial charge in [0, 0.05) is 29.4 Å². The molecule has 94 valence electrons. The molecule has 1 aromatic heterocycles. The molecule has 0 unspecified atom stereocenters. The first-order valence-corrected chi connectivity index (χ1v) is 6.50. The van der Waals surface area contributed by atoms with Crippen molar-refractivity contribution in [3.63, 3.8) is 0 Å². The maximum Gasteiger partial charge on any atom is 0.0346 e. The fourth-order valence-electron chi connectivity index (χ4n) is 1.94. The van der Waals surface area contributed by atoms with E-state index in [1.54, 1.807) is 0 Å². The van der Waals surface area contributed by atoms with Gasteiger partial charge < -0.3 is 5.32 Å². The van der Waals surface area contributed by atoms with Crippen LogP contribution >= 0.6 is 0 Å². The van der Waals surface area contributed by atoms with Crippen molar-refractivity contribution in [3.05, 3.63) is 48.3 Å². The van der Waals surface area contributed by atoms with Crippen LogP contribution in [-0.4, -0.2) is 17.6 Å². The van der Waals surface area contributed by atoms with Gasteiger partial charge in [0.05, 0.1) is 0 Å². The zero-order valence-corrected chi connectivity index (χ0v) is 11.1. The van der Waals surface area contributed by atoms with Crippen molar-refractivity contribution in [2.75, 3.05) is 6.54 Å². The lowest BCUT2D eigenvalue weighted by Crippen LogP contribution is -2.23. The molecular weight excluding hydrogens is 220 g/mol. The minimum Gasteiger partial charge on any atom is -0.314 e. The van der Waals surface area contributed by atoms with Gasteiger partial charge in [-0.3, -0.25) is 4.98 Å². The van der Waals surface area contributed by atoms with Crippen LogP contribution in [0.5, 0.6) is 0 Å². The Morgan fingerprint density at radius 3 is 2.89 bits per heavy atom. The molecule has 0 aliphatic heterocycles. The molecule has 0 aliphatic rings. The molecule has 2 aromatic rings. The zero-order valence-electron chi connectivity index (χ0n) is 11.1. The van der Waals surface area contributed by atoms with Crippen molar-refractivity contribution < 1.29 is 0 Å². The average molecular weight is 240 g/mol. The maximum atomic E-state index is 4.27. The van der Waals surface area contributed by atoms with Crippen molar-refractivity contribution in [1.29, 1.82) is 0 Å². The van der Waals surface area contributed by atoms with Crippen LogP contribution in [-0.2, 0) is 0 Å². The van der Waals surface area contributed by atoms with Crippen molar-refractivity contribution >= 4 is 16.8 Å². The minimum atomic E-state index is 0.553. The maximum absolute atomic E-state index is 4.27. The SMILES string of the molecule is CC(C)NCCC=Cc1cncc2ccccc12. The van der Waals surface area contributed by atoms with E-state index < -0.39 is 0 Å². The standard InChI is InChI=1S/C16H20N2/c1-13(2)18-10-6-5-8-15-12-17-11-14-7-3-4-9-16(14)15/h3-5,7-9,11-13,18H,6,10H2,1-2H3. The summed E-state index contributed by atoms with van der Waals surface area (Å²) in [6, 6.07) is 8.91. The highest BCUT2D eigenvalue weighted by atomic mass is 14.9. The highest BCUT2D eigenvalue weighted by Crippen LogP contribution is 2.18. The Bertz CT molecular complexity index is 524.